The third-order valence-electron chi connectivity index (χ3n) is 7.40. The Kier molecular flexibility index (Phi) is 6.74. The molecule has 1 amide bonds. The molecule has 0 saturated carbocycles. The summed E-state index contributed by atoms with van der Waals surface area (Å²) in [5, 5.41) is 36.4. The van der Waals surface area contributed by atoms with Crippen molar-refractivity contribution in [3.8, 4) is 11.4 Å². The molecule has 9 nitrogen and oxygen atoms in total. The number of aromatic hydroxyl groups is 1. The number of aliphatic hydroxyl groups is 1. The number of aryl methyl sites for hydroxylation is 2. The van der Waals surface area contributed by atoms with E-state index in [0.717, 1.165) is 22.4 Å². The number of hydrogen-bond acceptors (Lipinski definition) is 6. The quantitative estimate of drug-likeness (QED) is 0.272. The number of fused-ring (bicyclic) bond motifs is 3. The zero-order chi connectivity index (χ0) is 28.0. The van der Waals surface area contributed by atoms with Crippen LogP contribution < -0.4 is 5.32 Å². The Hall–Kier alpha value is -3.92. The molecule has 0 fully saturated rings. The number of nitrogens with zero attached hydrogens (tertiary/aromatic N) is 5. The van der Waals surface area contributed by atoms with Crippen LogP contribution in [0.1, 0.15) is 44.9 Å². The maximum Gasteiger partial charge on any atom is 0.255 e. The Balaban J connectivity index is 1.38. The van der Waals surface area contributed by atoms with Crippen LogP contribution in [0.2, 0.25) is 10.0 Å². The number of carbonyl (C=O) groups excluding carboxylic acids is 1. The van der Waals surface area contributed by atoms with Gasteiger partial charge in [-0.25, -0.2) is 9.20 Å². The van der Waals surface area contributed by atoms with E-state index in [4.69, 9.17) is 33.4 Å². The minimum absolute atomic E-state index is 0.0432. The first kappa shape index (κ1) is 26.3. The Morgan fingerprint density at radius 1 is 1.12 bits per heavy atom. The number of carbonyl (C=O) groups is 1. The molecule has 11 heteroatoms. The van der Waals surface area contributed by atoms with E-state index in [9.17, 15) is 9.90 Å². The largest absolute Gasteiger partial charge is 0.506 e. The van der Waals surface area contributed by atoms with Gasteiger partial charge in [-0.2, -0.15) is 5.10 Å². The van der Waals surface area contributed by atoms with Crippen LogP contribution in [-0.4, -0.2) is 47.3 Å². The first-order chi connectivity index (χ1) is 19.3. The normalized spacial score (nSPS) is 16.7. The molecule has 0 saturated heterocycles. The van der Waals surface area contributed by atoms with Crippen molar-refractivity contribution in [2.45, 2.75) is 38.1 Å². The van der Waals surface area contributed by atoms with E-state index >= 15 is 0 Å². The lowest BCUT2D eigenvalue weighted by Gasteiger charge is -2.38. The Bertz CT molecular complexity index is 1730. The summed E-state index contributed by atoms with van der Waals surface area (Å²) >= 11 is 13.3. The topological polar surface area (TPSA) is 118 Å². The number of hydrogen-bond donors (Lipinski definition) is 3. The lowest BCUT2D eigenvalue weighted by atomic mass is 9.75. The molecule has 0 aliphatic heterocycles. The van der Waals surface area contributed by atoms with Crippen molar-refractivity contribution < 1.29 is 15.0 Å². The molecule has 0 radical (unpaired) electrons. The molecule has 204 valence electrons. The van der Waals surface area contributed by atoms with Gasteiger partial charge in [-0.05, 0) is 49.1 Å². The van der Waals surface area contributed by atoms with Gasteiger partial charge < -0.3 is 15.5 Å². The molecule has 1 atom stereocenters. The number of amides is 1. The van der Waals surface area contributed by atoms with Crippen LogP contribution in [0.5, 0.6) is 5.75 Å². The summed E-state index contributed by atoms with van der Waals surface area (Å²) in [6, 6.07) is 14.7. The first-order valence-electron chi connectivity index (χ1n) is 12.9. The number of aromatic nitrogens is 5. The molecule has 0 bridgehead atoms. The van der Waals surface area contributed by atoms with Gasteiger partial charge in [0.1, 0.15) is 11.3 Å². The van der Waals surface area contributed by atoms with E-state index in [1.54, 1.807) is 28.9 Å². The number of rotatable bonds is 6. The average molecular weight is 577 g/mol. The summed E-state index contributed by atoms with van der Waals surface area (Å²) in [7, 11) is 0. The molecule has 2 aromatic carbocycles. The molecule has 5 aromatic rings. The van der Waals surface area contributed by atoms with Gasteiger partial charge in [0.15, 0.2) is 0 Å². The zero-order valence-electron chi connectivity index (χ0n) is 21.6. The van der Waals surface area contributed by atoms with Crippen molar-refractivity contribution >= 4 is 34.6 Å². The molecular weight excluding hydrogens is 551 g/mol. The minimum atomic E-state index is -0.789. The second kappa shape index (κ2) is 10.2. The van der Waals surface area contributed by atoms with Crippen LogP contribution >= 0.6 is 23.2 Å². The van der Waals surface area contributed by atoms with Crippen molar-refractivity contribution in [2.24, 2.45) is 0 Å². The fourth-order valence-electron chi connectivity index (χ4n) is 5.53. The molecule has 1 unspecified atom stereocenters. The summed E-state index contributed by atoms with van der Waals surface area (Å²) in [6.45, 7) is 1.86. The lowest BCUT2D eigenvalue weighted by Crippen LogP contribution is -2.49. The van der Waals surface area contributed by atoms with Crippen molar-refractivity contribution in [3.05, 3.63) is 105 Å². The Morgan fingerprint density at radius 2 is 1.88 bits per heavy atom. The second-order valence-corrected chi connectivity index (χ2v) is 10.9. The standard InChI is InChI=1S/C29H26Cl2N6O3/c1-17-11-25(39)27-21-14-29(18-5-3-2-4-6-18,9-7-24(21)34-37(27)15-17)32-28(40)26-22(30)12-20(13-23(26)31)36-16-19(8-10-38)33-35-36/h2-6,11-13,15-16,38-39H,7-10,14H2,1H3,(H,32,40). The van der Waals surface area contributed by atoms with Crippen LogP contribution in [0.4, 0.5) is 0 Å². The zero-order valence-corrected chi connectivity index (χ0v) is 23.1. The number of nitrogens with one attached hydrogen (secondary N) is 1. The predicted octanol–water partition coefficient (Wildman–Crippen LogP) is 4.58. The molecule has 6 rings (SSSR count). The SMILES string of the molecule is Cc1cc(O)c2c3c(nn2c1)CCC(NC(=O)c1c(Cl)cc(-n2cc(CCO)nn2)cc1Cl)(c1ccccc1)C3. The van der Waals surface area contributed by atoms with Gasteiger partial charge in [-0.15, -0.1) is 5.10 Å². The third-order valence-corrected chi connectivity index (χ3v) is 7.99. The van der Waals surface area contributed by atoms with Gasteiger partial charge >= 0.3 is 0 Å². The maximum absolute atomic E-state index is 13.9. The van der Waals surface area contributed by atoms with Crippen molar-refractivity contribution in [1.29, 1.82) is 0 Å². The highest BCUT2D eigenvalue weighted by molar-refractivity contribution is 6.40. The molecule has 3 aromatic heterocycles. The summed E-state index contributed by atoms with van der Waals surface area (Å²) in [4.78, 5) is 13.9. The molecule has 1 aliphatic carbocycles. The van der Waals surface area contributed by atoms with Crippen LogP contribution in [0.15, 0.2) is 60.9 Å². The van der Waals surface area contributed by atoms with Crippen LogP contribution in [0, 0.1) is 6.92 Å². The van der Waals surface area contributed by atoms with E-state index in [1.165, 1.54) is 4.68 Å². The average Bonchev–Trinajstić information content (AvgIpc) is 3.53. The smallest absolute Gasteiger partial charge is 0.255 e. The van der Waals surface area contributed by atoms with Crippen molar-refractivity contribution in [3.63, 3.8) is 0 Å². The molecule has 3 heterocycles. The van der Waals surface area contributed by atoms with Gasteiger partial charge in [0.2, 0.25) is 0 Å². The predicted molar refractivity (Wildman–Crippen MR) is 151 cm³/mol. The number of pyridine rings is 1. The second-order valence-electron chi connectivity index (χ2n) is 10.1. The van der Waals surface area contributed by atoms with Crippen molar-refractivity contribution in [1.82, 2.24) is 29.9 Å². The van der Waals surface area contributed by atoms with Crippen LogP contribution in [0.25, 0.3) is 11.2 Å². The summed E-state index contributed by atoms with van der Waals surface area (Å²) in [5.74, 6) is -0.258. The van der Waals surface area contributed by atoms with Gasteiger partial charge in [0, 0.05) is 31.2 Å². The number of halogens is 2. The monoisotopic (exact) mass is 576 g/mol. The highest BCUT2D eigenvalue weighted by atomic mass is 35.5. The maximum atomic E-state index is 13.9. The molecule has 40 heavy (non-hydrogen) atoms. The Labute approximate surface area is 240 Å². The third kappa shape index (κ3) is 4.60. The lowest BCUT2D eigenvalue weighted by molar-refractivity contribution is 0.0886. The number of benzene rings is 2. The van der Waals surface area contributed by atoms with Gasteiger partial charge in [-0.3, -0.25) is 4.79 Å². The highest BCUT2D eigenvalue weighted by Gasteiger charge is 2.40. The molecule has 1 aliphatic rings. The van der Waals surface area contributed by atoms with Gasteiger partial charge in [-0.1, -0.05) is 58.7 Å². The van der Waals surface area contributed by atoms with E-state index in [0.29, 0.717) is 42.6 Å². The molecule has 0 spiro atoms. The van der Waals surface area contributed by atoms with Crippen molar-refractivity contribution in [2.75, 3.05) is 6.61 Å². The summed E-state index contributed by atoms with van der Waals surface area (Å²) in [6.07, 6.45) is 5.56. The molecule has 3 N–H and O–H groups in total. The van der Waals surface area contributed by atoms with Crippen LogP contribution in [-0.2, 0) is 24.8 Å². The minimum Gasteiger partial charge on any atom is -0.506 e. The van der Waals surface area contributed by atoms with E-state index in [2.05, 4.69) is 15.6 Å². The number of aliphatic hydroxyl groups excluding tert-OH is 1. The highest BCUT2D eigenvalue weighted by Crippen LogP contribution is 2.41. The first-order valence-corrected chi connectivity index (χ1v) is 13.6. The van der Waals surface area contributed by atoms with E-state index in [-0.39, 0.29) is 28.0 Å². The summed E-state index contributed by atoms with van der Waals surface area (Å²) < 4.78 is 3.22. The fourth-order valence-corrected chi connectivity index (χ4v) is 6.18. The van der Waals surface area contributed by atoms with Crippen LogP contribution in [0.3, 0.4) is 0 Å². The molecular formula is C29H26Cl2N6O3. The van der Waals surface area contributed by atoms with E-state index < -0.39 is 11.4 Å². The fraction of sp³-hybridized carbons (Fsp3) is 0.241. The Morgan fingerprint density at radius 3 is 2.60 bits per heavy atom. The van der Waals surface area contributed by atoms with Gasteiger partial charge in [0.25, 0.3) is 5.91 Å². The van der Waals surface area contributed by atoms with E-state index in [1.807, 2.05) is 43.5 Å². The van der Waals surface area contributed by atoms with Gasteiger partial charge in [0.05, 0.1) is 44.4 Å². The summed E-state index contributed by atoms with van der Waals surface area (Å²) in [5.41, 5.74) is 4.79.